The summed E-state index contributed by atoms with van der Waals surface area (Å²) in [4.78, 5) is 25.9. The van der Waals surface area contributed by atoms with Gasteiger partial charge in [-0.15, -0.1) is 0 Å². The highest BCUT2D eigenvalue weighted by atomic mass is 16.5. The van der Waals surface area contributed by atoms with E-state index in [1.165, 1.54) is 12.8 Å². The van der Waals surface area contributed by atoms with Crippen LogP contribution in [0.2, 0.25) is 0 Å². The molecular weight excluding hydrogens is 294 g/mol. The summed E-state index contributed by atoms with van der Waals surface area (Å²) in [5, 5.41) is 5.92. The number of hydrogen-bond donors (Lipinski definition) is 2. The van der Waals surface area contributed by atoms with Crippen LogP contribution in [0.3, 0.4) is 0 Å². The van der Waals surface area contributed by atoms with E-state index in [2.05, 4.69) is 10.6 Å². The maximum absolute atomic E-state index is 12.2. The number of methoxy groups -OCH3 is 1. The molecule has 1 atom stereocenters. The fourth-order valence-electron chi connectivity index (χ4n) is 3.30. The SMILES string of the molecule is COc1ccc(N2CC(NC(=O)NC3CCCC3)CC2=O)cc1. The van der Waals surface area contributed by atoms with Crippen molar-refractivity contribution < 1.29 is 14.3 Å². The molecule has 2 fully saturated rings. The van der Waals surface area contributed by atoms with Crippen LogP contribution in [0.5, 0.6) is 5.75 Å². The zero-order chi connectivity index (χ0) is 16.2. The summed E-state index contributed by atoms with van der Waals surface area (Å²) < 4.78 is 5.13. The number of amides is 3. The smallest absolute Gasteiger partial charge is 0.315 e. The standard InChI is InChI=1S/C17H23N3O3/c1-23-15-8-6-14(7-9-15)20-11-13(10-16(20)21)19-17(22)18-12-4-2-3-5-12/h6-9,12-13H,2-5,10-11H2,1H3,(H2,18,19,22). The topological polar surface area (TPSA) is 70.7 Å². The molecule has 124 valence electrons. The lowest BCUT2D eigenvalue weighted by atomic mass is 10.2. The molecule has 1 saturated carbocycles. The van der Waals surface area contributed by atoms with Crippen molar-refractivity contribution in [3.63, 3.8) is 0 Å². The van der Waals surface area contributed by atoms with E-state index in [1.54, 1.807) is 12.0 Å². The third kappa shape index (κ3) is 3.75. The van der Waals surface area contributed by atoms with Gasteiger partial charge in [0.15, 0.2) is 0 Å². The van der Waals surface area contributed by atoms with Gasteiger partial charge in [0.05, 0.1) is 13.2 Å². The van der Waals surface area contributed by atoms with E-state index in [9.17, 15) is 9.59 Å². The number of urea groups is 1. The Balaban J connectivity index is 1.54. The van der Waals surface area contributed by atoms with E-state index in [1.807, 2.05) is 24.3 Å². The van der Waals surface area contributed by atoms with Crippen LogP contribution in [0.1, 0.15) is 32.1 Å². The molecule has 1 saturated heterocycles. The number of nitrogens with zero attached hydrogens (tertiary/aromatic N) is 1. The quantitative estimate of drug-likeness (QED) is 0.893. The van der Waals surface area contributed by atoms with Crippen LogP contribution in [0.4, 0.5) is 10.5 Å². The minimum atomic E-state index is -0.161. The summed E-state index contributed by atoms with van der Waals surface area (Å²) in [6.45, 7) is 0.503. The summed E-state index contributed by atoms with van der Waals surface area (Å²) >= 11 is 0. The molecule has 0 bridgehead atoms. The average Bonchev–Trinajstić information content (AvgIpc) is 3.17. The van der Waals surface area contributed by atoms with Gasteiger partial charge in [-0.1, -0.05) is 12.8 Å². The maximum atomic E-state index is 12.2. The van der Waals surface area contributed by atoms with Crippen LogP contribution in [0.15, 0.2) is 24.3 Å². The summed E-state index contributed by atoms with van der Waals surface area (Å²) in [6.07, 6.45) is 4.80. The zero-order valence-electron chi connectivity index (χ0n) is 13.4. The normalized spacial score (nSPS) is 21.5. The van der Waals surface area contributed by atoms with Crippen molar-refractivity contribution in [3.05, 3.63) is 24.3 Å². The predicted molar refractivity (Wildman–Crippen MR) is 87.7 cm³/mol. The maximum Gasteiger partial charge on any atom is 0.315 e. The second-order valence-electron chi connectivity index (χ2n) is 6.20. The van der Waals surface area contributed by atoms with E-state index in [-0.39, 0.29) is 24.0 Å². The van der Waals surface area contributed by atoms with Crippen LogP contribution >= 0.6 is 0 Å². The van der Waals surface area contributed by atoms with Gasteiger partial charge in [0.1, 0.15) is 5.75 Å². The first kappa shape index (κ1) is 15.6. The Labute approximate surface area is 136 Å². The molecular formula is C17H23N3O3. The van der Waals surface area contributed by atoms with Crippen LogP contribution in [-0.2, 0) is 4.79 Å². The second kappa shape index (κ2) is 6.89. The van der Waals surface area contributed by atoms with Gasteiger partial charge in [-0.3, -0.25) is 4.79 Å². The number of nitrogens with one attached hydrogen (secondary N) is 2. The minimum Gasteiger partial charge on any atom is -0.497 e. The number of hydrogen-bond acceptors (Lipinski definition) is 3. The lowest BCUT2D eigenvalue weighted by molar-refractivity contribution is -0.117. The van der Waals surface area contributed by atoms with Crippen LogP contribution in [-0.4, -0.2) is 37.7 Å². The monoisotopic (exact) mass is 317 g/mol. The van der Waals surface area contributed by atoms with Crippen molar-refractivity contribution >= 4 is 17.6 Å². The van der Waals surface area contributed by atoms with Crippen molar-refractivity contribution in [2.24, 2.45) is 0 Å². The first-order valence-electron chi connectivity index (χ1n) is 8.17. The molecule has 0 spiro atoms. The van der Waals surface area contributed by atoms with Gasteiger partial charge in [-0.05, 0) is 37.1 Å². The molecule has 3 amide bonds. The first-order chi connectivity index (χ1) is 11.2. The summed E-state index contributed by atoms with van der Waals surface area (Å²) in [5.41, 5.74) is 0.830. The molecule has 6 nitrogen and oxygen atoms in total. The van der Waals surface area contributed by atoms with Crippen molar-refractivity contribution in [3.8, 4) is 5.75 Å². The number of carbonyl (C=O) groups excluding carboxylic acids is 2. The van der Waals surface area contributed by atoms with Gasteiger partial charge in [-0.2, -0.15) is 0 Å². The van der Waals surface area contributed by atoms with E-state index < -0.39 is 0 Å². The Morgan fingerprint density at radius 2 is 1.78 bits per heavy atom. The molecule has 1 unspecified atom stereocenters. The Morgan fingerprint density at radius 1 is 1.13 bits per heavy atom. The van der Waals surface area contributed by atoms with Gasteiger partial charge in [0.2, 0.25) is 5.91 Å². The van der Waals surface area contributed by atoms with Gasteiger partial charge in [0, 0.05) is 24.7 Å². The molecule has 1 aromatic rings. The highest BCUT2D eigenvalue weighted by Gasteiger charge is 2.32. The van der Waals surface area contributed by atoms with Gasteiger partial charge < -0.3 is 20.3 Å². The summed E-state index contributed by atoms with van der Waals surface area (Å²) in [7, 11) is 1.61. The third-order valence-corrected chi connectivity index (χ3v) is 4.53. The van der Waals surface area contributed by atoms with Gasteiger partial charge in [0.25, 0.3) is 0 Å². The fourth-order valence-corrected chi connectivity index (χ4v) is 3.30. The molecule has 2 N–H and O–H groups in total. The Bertz CT molecular complexity index is 567. The highest BCUT2D eigenvalue weighted by Crippen LogP contribution is 2.24. The molecule has 6 heteroatoms. The minimum absolute atomic E-state index is 0.0290. The molecule has 1 aliphatic heterocycles. The molecule has 0 radical (unpaired) electrons. The van der Waals surface area contributed by atoms with E-state index in [0.717, 1.165) is 24.3 Å². The number of benzene rings is 1. The Hall–Kier alpha value is -2.24. The van der Waals surface area contributed by atoms with E-state index in [0.29, 0.717) is 13.0 Å². The van der Waals surface area contributed by atoms with Crippen LogP contribution < -0.4 is 20.3 Å². The molecule has 0 aromatic heterocycles. The lowest BCUT2D eigenvalue weighted by Crippen LogP contribution is -2.46. The zero-order valence-corrected chi connectivity index (χ0v) is 13.4. The number of ether oxygens (including phenoxy) is 1. The van der Waals surface area contributed by atoms with Crippen molar-refractivity contribution in [2.45, 2.75) is 44.2 Å². The average molecular weight is 317 g/mol. The van der Waals surface area contributed by atoms with Crippen molar-refractivity contribution in [2.75, 3.05) is 18.6 Å². The Morgan fingerprint density at radius 3 is 2.43 bits per heavy atom. The summed E-state index contributed by atoms with van der Waals surface area (Å²) in [6, 6.07) is 7.35. The van der Waals surface area contributed by atoms with E-state index in [4.69, 9.17) is 4.74 Å². The highest BCUT2D eigenvalue weighted by molar-refractivity contribution is 5.96. The molecule has 1 aliphatic carbocycles. The molecule has 1 aromatic carbocycles. The van der Waals surface area contributed by atoms with Gasteiger partial charge >= 0.3 is 6.03 Å². The van der Waals surface area contributed by atoms with Crippen molar-refractivity contribution in [1.29, 1.82) is 0 Å². The number of rotatable bonds is 4. The third-order valence-electron chi connectivity index (χ3n) is 4.53. The molecule has 23 heavy (non-hydrogen) atoms. The summed E-state index contributed by atoms with van der Waals surface area (Å²) in [5.74, 6) is 0.785. The second-order valence-corrected chi connectivity index (χ2v) is 6.20. The van der Waals surface area contributed by atoms with E-state index >= 15 is 0 Å². The van der Waals surface area contributed by atoms with Gasteiger partial charge in [-0.25, -0.2) is 4.79 Å². The molecule has 1 heterocycles. The predicted octanol–water partition coefficient (Wildman–Crippen LogP) is 2.04. The first-order valence-corrected chi connectivity index (χ1v) is 8.17. The molecule has 2 aliphatic rings. The fraction of sp³-hybridized carbons (Fsp3) is 0.529. The van der Waals surface area contributed by atoms with Crippen LogP contribution in [0.25, 0.3) is 0 Å². The molecule has 3 rings (SSSR count). The van der Waals surface area contributed by atoms with Crippen LogP contribution in [0, 0.1) is 0 Å². The number of carbonyl (C=O) groups is 2. The van der Waals surface area contributed by atoms with Crippen molar-refractivity contribution in [1.82, 2.24) is 10.6 Å². The lowest BCUT2D eigenvalue weighted by Gasteiger charge is -2.19. The Kier molecular flexibility index (Phi) is 4.69. The number of anilines is 1. The largest absolute Gasteiger partial charge is 0.497 e.